The highest BCUT2D eigenvalue weighted by atomic mass is 35.5. The molecule has 5 fully saturated rings. The van der Waals surface area contributed by atoms with Gasteiger partial charge in [0.05, 0.1) is 49.5 Å². The highest BCUT2D eigenvalue weighted by Crippen LogP contribution is 2.43. The van der Waals surface area contributed by atoms with Crippen molar-refractivity contribution in [2.75, 3.05) is 36.0 Å². The molecule has 5 heterocycles. The van der Waals surface area contributed by atoms with E-state index in [4.69, 9.17) is 51.0 Å². The second-order valence-electron chi connectivity index (χ2n) is 20.3. The van der Waals surface area contributed by atoms with Gasteiger partial charge in [0.25, 0.3) is 0 Å². The molecule has 0 aromatic heterocycles. The van der Waals surface area contributed by atoms with Gasteiger partial charge in [-0.2, -0.15) is 0 Å². The zero-order chi connectivity index (χ0) is 45.2. The quantitative estimate of drug-likeness (QED) is 0.320. The standard InChI is InChI=1S/C18H26BFN2O3.C12H24B2O4.C12H14ClFN2O/c1-16(2)17(3,4)25-19(24-16)13-7-6-12(10-14(13)20)22-9-8-18(5,11-22)15(21)23;1-9(2)10(3,4)16-13(15-9)14-17-11(5,6)12(7,8)18-14;1-12(11(15)17)4-5-16(7-12)8-2-3-9(13)10(14)6-8/h6-7,10H,8-9,11H2,1-5H3,(H2,21,23);1-8H3;2-3,6H,4-5,7H2,1H3,(H2,15,17). The number of rotatable bonds is 6. The number of amides is 2. The third kappa shape index (κ3) is 9.52. The smallest absolute Gasteiger partial charge is 0.405 e. The summed E-state index contributed by atoms with van der Waals surface area (Å²) in [6.45, 7) is 30.0. The predicted octanol–water partition coefficient (Wildman–Crippen LogP) is 6.26. The summed E-state index contributed by atoms with van der Waals surface area (Å²) in [6.07, 6.45) is 1.36. The number of hydrogen-bond donors (Lipinski definition) is 2. The molecule has 2 aromatic carbocycles. The van der Waals surface area contributed by atoms with Crippen molar-refractivity contribution in [3.8, 4) is 0 Å². The number of anilines is 2. The molecule has 4 N–H and O–H groups in total. The summed E-state index contributed by atoms with van der Waals surface area (Å²) in [4.78, 5) is 26.9. The van der Waals surface area contributed by atoms with Gasteiger partial charge in [-0.25, -0.2) is 8.78 Å². The number of nitrogens with two attached hydrogens (primary N) is 2. The average molecular weight is 859 g/mol. The van der Waals surface area contributed by atoms with E-state index in [1.54, 1.807) is 12.1 Å². The lowest BCUT2D eigenvalue weighted by molar-refractivity contribution is -0.126. The molecule has 7 rings (SSSR count). The fourth-order valence-corrected chi connectivity index (χ4v) is 7.44. The maximum absolute atomic E-state index is 14.7. The van der Waals surface area contributed by atoms with Crippen LogP contribution >= 0.6 is 11.6 Å². The summed E-state index contributed by atoms with van der Waals surface area (Å²) in [6, 6.07) is 9.68. The molecule has 5 aliphatic rings. The van der Waals surface area contributed by atoms with Crippen LogP contribution in [-0.4, -0.2) is 92.7 Å². The van der Waals surface area contributed by atoms with Gasteiger partial charge in [0.2, 0.25) is 11.8 Å². The van der Waals surface area contributed by atoms with Gasteiger partial charge >= 0.3 is 21.1 Å². The van der Waals surface area contributed by atoms with Crippen LogP contribution in [0.4, 0.5) is 20.2 Å². The third-order valence-corrected chi connectivity index (χ3v) is 14.3. The first-order valence-corrected chi connectivity index (χ1v) is 21.0. The number of halogens is 3. The van der Waals surface area contributed by atoms with Crippen molar-refractivity contribution in [1.82, 2.24) is 0 Å². The molecule has 0 radical (unpaired) electrons. The molecule has 60 heavy (non-hydrogen) atoms. The van der Waals surface area contributed by atoms with Crippen LogP contribution in [0.15, 0.2) is 36.4 Å². The number of benzene rings is 2. The molecule has 2 unspecified atom stereocenters. The second kappa shape index (κ2) is 16.3. The van der Waals surface area contributed by atoms with Crippen LogP contribution in [0.3, 0.4) is 0 Å². The van der Waals surface area contributed by atoms with Gasteiger partial charge in [-0.15, -0.1) is 0 Å². The van der Waals surface area contributed by atoms with Crippen LogP contribution in [0.5, 0.6) is 0 Å². The van der Waals surface area contributed by atoms with E-state index in [9.17, 15) is 18.4 Å². The third-order valence-electron chi connectivity index (χ3n) is 14.0. The molecule has 12 nitrogen and oxygen atoms in total. The first kappa shape index (κ1) is 48.1. The molecule has 2 amide bonds. The first-order valence-electron chi connectivity index (χ1n) is 20.7. The summed E-state index contributed by atoms with van der Waals surface area (Å²) in [5.74, 6) is -1.45. The number of nitrogens with zero attached hydrogens (tertiary/aromatic N) is 2. The molecule has 0 spiro atoms. The van der Waals surface area contributed by atoms with Gasteiger partial charge in [0.1, 0.15) is 11.6 Å². The van der Waals surface area contributed by atoms with E-state index < -0.39 is 49.0 Å². The zero-order valence-corrected chi connectivity index (χ0v) is 38.6. The van der Waals surface area contributed by atoms with Gasteiger partial charge in [-0.05, 0) is 140 Å². The van der Waals surface area contributed by atoms with Crippen molar-refractivity contribution in [3.63, 3.8) is 0 Å². The van der Waals surface area contributed by atoms with Crippen molar-refractivity contribution < 1.29 is 46.3 Å². The fourth-order valence-electron chi connectivity index (χ4n) is 7.32. The minimum Gasteiger partial charge on any atom is -0.405 e. The largest absolute Gasteiger partial charge is 0.497 e. The lowest BCUT2D eigenvalue weighted by atomic mass is 9.49. The minimum absolute atomic E-state index is 0.102. The van der Waals surface area contributed by atoms with Gasteiger partial charge in [-0.1, -0.05) is 17.7 Å². The summed E-state index contributed by atoms with van der Waals surface area (Å²) in [7, 11) is -1.68. The van der Waals surface area contributed by atoms with E-state index in [-0.39, 0.29) is 45.1 Å². The van der Waals surface area contributed by atoms with Crippen molar-refractivity contribution in [3.05, 3.63) is 53.1 Å². The van der Waals surface area contributed by atoms with E-state index in [1.165, 1.54) is 18.2 Å². The molecule has 0 bridgehead atoms. The van der Waals surface area contributed by atoms with Crippen LogP contribution < -0.4 is 26.7 Å². The highest BCUT2D eigenvalue weighted by molar-refractivity contribution is 7.11. The Hall–Kier alpha value is -2.92. The molecule has 330 valence electrons. The molecular formula is C42H64B3ClF2N4O8. The number of carbonyl (C=O) groups is 2. The summed E-state index contributed by atoms with van der Waals surface area (Å²) in [5.41, 5.74) is 9.15. The predicted molar refractivity (Wildman–Crippen MR) is 234 cm³/mol. The normalized spacial score (nSPS) is 28.0. The second-order valence-corrected chi connectivity index (χ2v) is 20.7. The van der Waals surface area contributed by atoms with E-state index in [0.717, 1.165) is 11.4 Å². The Morgan fingerprint density at radius 1 is 0.567 bits per heavy atom. The van der Waals surface area contributed by atoms with Crippen molar-refractivity contribution in [2.45, 2.75) is 143 Å². The Kier molecular flexibility index (Phi) is 13.1. The van der Waals surface area contributed by atoms with Gasteiger partial charge in [0.15, 0.2) is 0 Å². The van der Waals surface area contributed by atoms with E-state index in [0.29, 0.717) is 44.5 Å². The van der Waals surface area contributed by atoms with Crippen LogP contribution in [0, 0.1) is 22.5 Å². The molecule has 0 saturated carbocycles. The summed E-state index contributed by atoms with van der Waals surface area (Å²) in [5, 5.41) is 0.102. The lowest BCUT2D eigenvalue weighted by Crippen LogP contribution is -2.41. The number of carbonyl (C=O) groups excluding carboxylic acids is 2. The monoisotopic (exact) mass is 858 g/mol. The highest BCUT2D eigenvalue weighted by Gasteiger charge is 2.64. The van der Waals surface area contributed by atoms with Crippen molar-refractivity contribution in [2.24, 2.45) is 22.3 Å². The molecule has 0 aliphatic carbocycles. The van der Waals surface area contributed by atoms with Gasteiger partial charge < -0.3 is 49.2 Å². The maximum Gasteiger partial charge on any atom is 0.497 e. The van der Waals surface area contributed by atoms with Crippen LogP contribution in [-0.2, 0) is 37.5 Å². The summed E-state index contributed by atoms with van der Waals surface area (Å²) >= 11 is 5.63. The Balaban J connectivity index is 0.000000175. The Morgan fingerprint density at radius 2 is 0.900 bits per heavy atom. The van der Waals surface area contributed by atoms with E-state index in [2.05, 4.69) is 0 Å². The maximum atomic E-state index is 14.7. The van der Waals surface area contributed by atoms with Crippen LogP contribution in [0.25, 0.3) is 0 Å². The SMILES string of the molecule is CC1(C(N)=O)CCN(c2ccc(B3OC(C)(C)C(C)(C)O3)c(F)c2)C1.CC1(C(N)=O)CCN(c2ccc(Cl)c(F)c2)C1.CC1(C)OB(B2OC(C)(C)C(C)(C)O2)OC1(C)C. The fraction of sp³-hybridized carbons (Fsp3) is 0.667. The zero-order valence-electron chi connectivity index (χ0n) is 37.9. The molecule has 5 saturated heterocycles. The molecule has 5 aliphatic heterocycles. The molecule has 2 aromatic rings. The first-order chi connectivity index (χ1) is 27.3. The van der Waals surface area contributed by atoms with Crippen LogP contribution in [0.1, 0.15) is 110 Å². The van der Waals surface area contributed by atoms with E-state index in [1.807, 2.05) is 113 Å². The summed E-state index contributed by atoms with van der Waals surface area (Å²) < 4.78 is 63.8. The van der Waals surface area contributed by atoms with Crippen molar-refractivity contribution in [1.29, 1.82) is 0 Å². The van der Waals surface area contributed by atoms with Gasteiger partial charge in [-0.3, -0.25) is 9.59 Å². The molecule has 18 heteroatoms. The van der Waals surface area contributed by atoms with Gasteiger partial charge in [0, 0.05) is 43.0 Å². The number of hydrogen-bond acceptors (Lipinski definition) is 10. The lowest BCUT2D eigenvalue weighted by Gasteiger charge is -2.32. The molecule has 2 atom stereocenters. The van der Waals surface area contributed by atoms with Crippen molar-refractivity contribution >= 4 is 61.4 Å². The average Bonchev–Trinajstić information content (AvgIpc) is 3.87. The Labute approximate surface area is 361 Å². The topological polar surface area (TPSA) is 148 Å². The molecular weight excluding hydrogens is 794 g/mol. The van der Waals surface area contributed by atoms with Crippen LogP contribution in [0.2, 0.25) is 5.02 Å². The van der Waals surface area contributed by atoms with E-state index >= 15 is 0 Å². The Bertz CT molecular complexity index is 1880. The Morgan fingerprint density at radius 3 is 1.22 bits per heavy atom. The number of primary amides is 2. The minimum atomic E-state index is -0.728.